The first-order valence-corrected chi connectivity index (χ1v) is 15.5. The Bertz CT molecular complexity index is 2010. The standard InChI is InChI=1S/2C19H17N3O2/c2*1-11-17(12(2)24-22-11)13-8-9-16-15(10-13)19(20,18(23)21-16)14-6-4-3-5-7-14/h2*3-10H,20H2,1-2H3,(H,21,23). The van der Waals surface area contributed by atoms with E-state index in [2.05, 4.69) is 20.9 Å². The lowest BCUT2D eigenvalue weighted by atomic mass is 9.83. The van der Waals surface area contributed by atoms with Gasteiger partial charge in [0.05, 0.1) is 11.4 Å². The minimum atomic E-state index is -1.20. The summed E-state index contributed by atoms with van der Waals surface area (Å²) in [6.45, 7) is 7.54. The summed E-state index contributed by atoms with van der Waals surface area (Å²) in [6, 6.07) is 30.4. The van der Waals surface area contributed by atoms with Crippen LogP contribution in [0.5, 0.6) is 0 Å². The number of hydrogen-bond acceptors (Lipinski definition) is 8. The summed E-state index contributed by atoms with van der Waals surface area (Å²) in [4.78, 5) is 25.2. The number of nitrogens with zero attached hydrogens (tertiary/aromatic N) is 2. The Kier molecular flexibility index (Phi) is 7.34. The minimum Gasteiger partial charge on any atom is -0.361 e. The molecule has 2 aromatic heterocycles. The van der Waals surface area contributed by atoms with E-state index in [1.54, 1.807) is 0 Å². The van der Waals surface area contributed by atoms with Crippen LogP contribution in [0.15, 0.2) is 106 Å². The first-order valence-electron chi connectivity index (χ1n) is 15.5. The predicted molar refractivity (Wildman–Crippen MR) is 183 cm³/mol. The number of hydrogen-bond donors (Lipinski definition) is 4. The molecule has 4 heterocycles. The van der Waals surface area contributed by atoms with Crippen molar-refractivity contribution in [2.45, 2.75) is 38.8 Å². The van der Waals surface area contributed by atoms with E-state index in [4.69, 9.17) is 20.5 Å². The van der Waals surface area contributed by atoms with Crippen LogP contribution in [-0.2, 0) is 20.7 Å². The van der Waals surface area contributed by atoms with E-state index in [0.29, 0.717) is 0 Å². The van der Waals surface area contributed by atoms with Gasteiger partial charge in [-0.15, -0.1) is 0 Å². The topological polar surface area (TPSA) is 162 Å². The van der Waals surface area contributed by atoms with Gasteiger partial charge >= 0.3 is 0 Å². The van der Waals surface area contributed by atoms with Gasteiger partial charge in [-0.05, 0) is 74.2 Å². The van der Waals surface area contributed by atoms with Crippen LogP contribution >= 0.6 is 0 Å². The number of anilines is 2. The van der Waals surface area contributed by atoms with Crippen molar-refractivity contribution in [3.05, 3.63) is 142 Å². The molecule has 2 aliphatic rings. The normalized spacial score (nSPS) is 19.2. The largest absolute Gasteiger partial charge is 0.361 e. The van der Waals surface area contributed by atoms with Gasteiger partial charge in [-0.3, -0.25) is 9.59 Å². The van der Waals surface area contributed by atoms with Gasteiger partial charge < -0.3 is 31.1 Å². The van der Waals surface area contributed by atoms with Crippen molar-refractivity contribution in [1.29, 1.82) is 0 Å². The number of aromatic nitrogens is 2. The number of aryl methyl sites for hydroxylation is 4. The molecule has 0 spiro atoms. The number of fused-ring (bicyclic) bond motifs is 2. The molecular weight excluding hydrogens is 604 g/mol. The molecular formula is C38H34N6O4. The second-order valence-corrected chi connectivity index (χ2v) is 12.2. The minimum absolute atomic E-state index is 0.223. The SMILES string of the molecule is Cc1noc(C)c1-c1ccc2c(c1)C(N)(c1ccccc1)C(=O)N2.Cc1noc(C)c1-c1ccc2c(c1)C(N)(c1ccccc1)C(=O)N2. The Labute approximate surface area is 277 Å². The average molecular weight is 639 g/mol. The predicted octanol–water partition coefficient (Wildman–Crippen LogP) is 6.23. The summed E-state index contributed by atoms with van der Waals surface area (Å²) < 4.78 is 10.5. The fourth-order valence-corrected chi connectivity index (χ4v) is 6.72. The Morgan fingerprint density at radius 3 is 1.27 bits per heavy atom. The quantitative estimate of drug-likeness (QED) is 0.177. The lowest BCUT2D eigenvalue weighted by molar-refractivity contribution is -0.120. The van der Waals surface area contributed by atoms with Crippen LogP contribution in [-0.4, -0.2) is 22.1 Å². The maximum Gasteiger partial charge on any atom is 0.253 e. The van der Waals surface area contributed by atoms with Crippen molar-refractivity contribution in [3.8, 4) is 22.3 Å². The number of benzene rings is 4. The van der Waals surface area contributed by atoms with E-state index in [-0.39, 0.29) is 11.8 Å². The first kappa shape index (κ1) is 30.8. The molecule has 2 unspecified atom stereocenters. The zero-order valence-electron chi connectivity index (χ0n) is 26.9. The van der Waals surface area contributed by atoms with E-state index >= 15 is 0 Å². The molecule has 2 aliphatic heterocycles. The smallest absolute Gasteiger partial charge is 0.253 e. The number of carbonyl (C=O) groups is 2. The summed E-state index contributed by atoms with van der Waals surface area (Å²) in [6.07, 6.45) is 0. The highest BCUT2D eigenvalue weighted by Gasteiger charge is 2.46. The van der Waals surface area contributed by atoms with Crippen molar-refractivity contribution in [1.82, 2.24) is 10.3 Å². The molecule has 0 fully saturated rings. The summed E-state index contributed by atoms with van der Waals surface area (Å²) in [5.41, 5.74) is 20.7. The Balaban J connectivity index is 0.000000152. The van der Waals surface area contributed by atoms with Crippen LogP contribution in [0, 0.1) is 27.7 Å². The van der Waals surface area contributed by atoms with Gasteiger partial charge in [0.2, 0.25) is 0 Å². The maximum atomic E-state index is 12.6. The molecule has 0 saturated heterocycles. The van der Waals surface area contributed by atoms with Crippen LogP contribution in [0.1, 0.15) is 45.2 Å². The van der Waals surface area contributed by atoms with Gasteiger partial charge in [0.15, 0.2) is 0 Å². The van der Waals surface area contributed by atoms with Crippen LogP contribution in [0.25, 0.3) is 22.3 Å². The molecule has 10 nitrogen and oxygen atoms in total. The highest BCUT2D eigenvalue weighted by molar-refractivity contribution is 6.09. The summed E-state index contributed by atoms with van der Waals surface area (Å²) in [5, 5.41) is 13.8. The molecule has 48 heavy (non-hydrogen) atoms. The zero-order chi connectivity index (χ0) is 33.8. The van der Waals surface area contributed by atoms with E-state index in [9.17, 15) is 9.59 Å². The van der Waals surface area contributed by atoms with Gasteiger partial charge in [0, 0.05) is 33.6 Å². The van der Waals surface area contributed by atoms with Crippen molar-refractivity contribution in [3.63, 3.8) is 0 Å². The highest BCUT2D eigenvalue weighted by Crippen LogP contribution is 2.43. The van der Waals surface area contributed by atoms with E-state index < -0.39 is 11.1 Å². The lowest BCUT2D eigenvalue weighted by Gasteiger charge is -2.23. The zero-order valence-corrected chi connectivity index (χ0v) is 26.9. The first-order chi connectivity index (χ1) is 23.0. The molecule has 6 aromatic rings. The number of amides is 2. The fourth-order valence-electron chi connectivity index (χ4n) is 6.72. The van der Waals surface area contributed by atoms with Gasteiger partial charge in [-0.1, -0.05) is 83.1 Å². The van der Waals surface area contributed by atoms with Crippen LogP contribution in [0.2, 0.25) is 0 Å². The van der Waals surface area contributed by atoms with Crippen molar-refractivity contribution >= 4 is 23.2 Å². The molecule has 2 atom stereocenters. The summed E-state index contributed by atoms with van der Waals surface area (Å²) >= 11 is 0. The summed E-state index contributed by atoms with van der Waals surface area (Å²) in [5.74, 6) is 1.04. The molecule has 6 N–H and O–H groups in total. The molecule has 2 amide bonds. The van der Waals surface area contributed by atoms with E-state index in [1.165, 1.54) is 0 Å². The highest BCUT2D eigenvalue weighted by atomic mass is 16.5. The Hall–Kier alpha value is -5.84. The summed E-state index contributed by atoms with van der Waals surface area (Å²) in [7, 11) is 0. The molecule has 8 rings (SSSR count). The van der Waals surface area contributed by atoms with Crippen molar-refractivity contribution in [2.75, 3.05) is 10.6 Å². The van der Waals surface area contributed by atoms with Gasteiger partial charge in [-0.25, -0.2) is 0 Å². The third-order valence-electron chi connectivity index (χ3n) is 9.20. The molecule has 10 heteroatoms. The Morgan fingerprint density at radius 2 is 0.938 bits per heavy atom. The second kappa shape index (κ2) is 11.4. The second-order valence-electron chi connectivity index (χ2n) is 12.2. The maximum absolute atomic E-state index is 12.6. The number of rotatable bonds is 4. The molecule has 4 aromatic carbocycles. The fraction of sp³-hybridized carbons (Fsp3) is 0.158. The van der Waals surface area contributed by atoms with E-state index in [0.717, 1.165) is 78.8 Å². The van der Waals surface area contributed by atoms with Crippen molar-refractivity contribution < 1.29 is 18.6 Å². The van der Waals surface area contributed by atoms with Crippen LogP contribution < -0.4 is 22.1 Å². The third-order valence-corrected chi connectivity index (χ3v) is 9.20. The van der Waals surface area contributed by atoms with Crippen LogP contribution in [0.4, 0.5) is 11.4 Å². The molecule has 0 radical (unpaired) electrons. The monoisotopic (exact) mass is 638 g/mol. The molecule has 0 aliphatic carbocycles. The Morgan fingerprint density at radius 1 is 0.562 bits per heavy atom. The average Bonchev–Trinajstić information content (AvgIpc) is 3.78. The van der Waals surface area contributed by atoms with Gasteiger partial charge in [-0.2, -0.15) is 0 Å². The molecule has 0 saturated carbocycles. The van der Waals surface area contributed by atoms with Crippen molar-refractivity contribution in [2.24, 2.45) is 11.5 Å². The van der Waals surface area contributed by atoms with Crippen LogP contribution in [0.3, 0.4) is 0 Å². The number of nitrogens with two attached hydrogens (primary N) is 2. The molecule has 240 valence electrons. The third kappa shape index (κ3) is 4.73. The number of carbonyl (C=O) groups excluding carboxylic acids is 2. The van der Waals surface area contributed by atoms with E-state index in [1.807, 2.05) is 125 Å². The van der Waals surface area contributed by atoms with Gasteiger partial charge in [0.1, 0.15) is 22.6 Å². The lowest BCUT2D eigenvalue weighted by Crippen LogP contribution is -2.44. The van der Waals surface area contributed by atoms with Gasteiger partial charge in [0.25, 0.3) is 11.8 Å². The molecule has 0 bridgehead atoms. The number of nitrogens with one attached hydrogen (secondary N) is 2.